The summed E-state index contributed by atoms with van der Waals surface area (Å²) in [6, 6.07) is 6.30. The van der Waals surface area contributed by atoms with Gasteiger partial charge in [-0.1, -0.05) is 51.8 Å². The Morgan fingerprint density at radius 3 is 2.53 bits per heavy atom. The zero-order valence-corrected chi connectivity index (χ0v) is 20.7. The van der Waals surface area contributed by atoms with Gasteiger partial charge in [0, 0.05) is 23.5 Å². The highest BCUT2D eigenvalue weighted by Gasteiger charge is 2.25. The van der Waals surface area contributed by atoms with Gasteiger partial charge in [0.2, 0.25) is 0 Å². The van der Waals surface area contributed by atoms with Crippen LogP contribution in [0.15, 0.2) is 30.5 Å². The Morgan fingerprint density at radius 2 is 1.79 bits per heavy atom. The Labute approximate surface area is 202 Å². The van der Waals surface area contributed by atoms with Crippen LogP contribution in [0, 0.1) is 5.92 Å². The van der Waals surface area contributed by atoms with Gasteiger partial charge in [0.15, 0.2) is 0 Å². The van der Waals surface area contributed by atoms with Crippen molar-refractivity contribution in [1.29, 1.82) is 0 Å². The van der Waals surface area contributed by atoms with E-state index in [0.717, 1.165) is 42.1 Å². The minimum Gasteiger partial charge on any atom is -0.465 e. The van der Waals surface area contributed by atoms with E-state index in [4.69, 9.17) is 15.2 Å². The maximum absolute atomic E-state index is 12.8. The number of esters is 2. The standard InChI is InChI=1S/C26H41N3O5/c1-4-5-8-14-33-26(32)23(16-19-17-28-22-10-7-6-9-20(19)22)29-24(30)12-11-21(27)25(31)34-15-13-18(2)3/h6-7,9-10,17-18,21,23-24,28-30H,4-5,8,11-16,27H2,1-3H3. The molecule has 5 N–H and O–H groups in total. The molecule has 0 bridgehead atoms. The van der Waals surface area contributed by atoms with Crippen molar-refractivity contribution < 1.29 is 24.2 Å². The maximum atomic E-state index is 12.8. The zero-order valence-electron chi connectivity index (χ0n) is 20.7. The number of aliphatic hydroxyl groups is 1. The molecule has 8 heteroatoms. The molecule has 2 aromatic rings. The number of nitrogens with two attached hydrogens (primary N) is 1. The summed E-state index contributed by atoms with van der Waals surface area (Å²) in [5, 5.41) is 14.6. The first-order valence-electron chi connectivity index (χ1n) is 12.4. The highest BCUT2D eigenvalue weighted by Crippen LogP contribution is 2.20. The van der Waals surface area contributed by atoms with Gasteiger partial charge in [-0.2, -0.15) is 0 Å². The lowest BCUT2D eigenvalue weighted by atomic mass is 10.0. The lowest BCUT2D eigenvalue weighted by Gasteiger charge is -2.22. The first-order chi connectivity index (χ1) is 16.3. The molecular formula is C26H41N3O5. The fraction of sp³-hybridized carbons (Fsp3) is 0.615. The summed E-state index contributed by atoms with van der Waals surface area (Å²) in [6.07, 6.45) is 5.25. The van der Waals surface area contributed by atoms with Gasteiger partial charge < -0.3 is 25.3 Å². The number of hydrogen-bond acceptors (Lipinski definition) is 7. The summed E-state index contributed by atoms with van der Waals surface area (Å²) < 4.78 is 10.7. The van der Waals surface area contributed by atoms with Crippen LogP contribution in [0.4, 0.5) is 0 Å². The topological polar surface area (TPSA) is 127 Å². The summed E-state index contributed by atoms with van der Waals surface area (Å²) >= 11 is 0. The van der Waals surface area contributed by atoms with Gasteiger partial charge in [-0.3, -0.25) is 14.9 Å². The number of aromatic nitrogens is 1. The van der Waals surface area contributed by atoms with E-state index in [-0.39, 0.29) is 12.8 Å². The van der Waals surface area contributed by atoms with Crippen LogP contribution >= 0.6 is 0 Å². The molecule has 0 aliphatic heterocycles. The second-order valence-corrected chi connectivity index (χ2v) is 9.21. The van der Waals surface area contributed by atoms with Crippen molar-refractivity contribution in [2.75, 3.05) is 13.2 Å². The van der Waals surface area contributed by atoms with Gasteiger partial charge in [-0.15, -0.1) is 0 Å². The Hall–Kier alpha value is -2.42. The lowest BCUT2D eigenvalue weighted by molar-refractivity contribution is -0.148. The third kappa shape index (κ3) is 9.44. The number of hydrogen-bond donors (Lipinski definition) is 4. The van der Waals surface area contributed by atoms with E-state index in [2.05, 4.69) is 31.1 Å². The van der Waals surface area contributed by atoms with Crippen molar-refractivity contribution in [3.63, 3.8) is 0 Å². The summed E-state index contributed by atoms with van der Waals surface area (Å²) in [6.45, 7) is 6.88. The average molecular weight is 476 g/mol. The first kappa shape index (κ1) is 27.8. The molecule has 0 radical (unpaired) electrons. The van der Waals surface area contributed by atoms with E-state index in [0.29, 0.717) is 25.6 Å². The zero-order chi connectivity index (χ0) is 24.9. The average Bonchev–Trinajstić information content (AvgIpc) is 3.22. The van der Waals surface area contributed by atoms with Gasteiger partial charge in [-0.05, 0) is 43.2 Å². The molecule has 0 saturated carbocycles. The number of aromatic amines is 1. The third-order valence-corrected chi connectivity index (χ3v) is 5.76. The fourth-order valence-corrected chi connectivity index (χ4v) is 3.63. The number of carbonyl (C=O) groups is 2. The van der Waals surface area contributed by atoms with Crippen LogP contribution in [0.2, 0.25) is 0 Å². The molecule has 0 aliphatic rings. The van der Waals surface area contributed by atoms with E-state index < -0.39 is 30.3 Å². The largest absolute Gasteiger partial charge is 0.465 e. The van der Waals surface area contributed by atoms with Gasteiger partial charge in [0.25, 0.3) is 0 Å². The van der Waals surface area contributed by atoms with Crippen LogP contribution in [-0.4, -0.2) is 53.6 Å². The highest BCUT2D eigenvalue weighted by atomic mass is 16.5. The van der Waals surface area contributed by atoms with Gasteiger partial charge in [0.1, 0.15) is 18.3 Å². The molecule has 0 fully saturated rings. The predicted octanol–water partition coefficient (Wildman–Crippen LogP) is 3.42. The molecule has 8 nitrogen and oxygen atoms in total. The second kappa shape index (κ2) is 14.8. The van der Waals surface area contributed by atoms with Crippen LogP contribution in [0.3, 0.4) is 0 Å². The van der Waals surface area contributed by atoms with Crippen LogP contribution in [0.1, 0.15) is 64.9 Å². The van der Waals surface area contributed by atoms with E-state index in [1.165, 1.54) is 0 Å². The maximum Gasteiger partial charge on any atom is 0.323 e. The normalized spacial score (nSPS) is 14.2. The molecule has 0 amide bonds. The number of rotatable bonds is 16. The summed E-state index contributed by atoms with van der Waals surface area (Å²) in [4.78, 5) is 28.1. The number of aliphatic hydroxyl groups excluding tert-OH is 1. The number of unbranched alkanes of at least 4 members (excludes halogenated alkanes) is 2. The molecule has 0 spiro atoms. The number of benzene rings is 1. The van der Waals surface area contributed by atoms with Crippen molar-refractivity contribution in [1.82, 2.24) is 10.3 Å². The molecule has 3 unspecified atom stereocenters. The summed E-state index contributed by atoms with van der Waals surface area (Å²) in [7, 11) is 0. The van der Waals surface area contributed by atoms with Crippen molar-refractivity contribution in [3.05, 3.63) is 36.0 Å². The molecule has 3 atom stereocenters. The van der Waals surface area contributed by atoms with Crippen molar-refractivity contribution in [2.45, 2.75) is 84.0 Å². The third-order valence-electron chi connectivity index (χ3n) is 5.76. The molecule has 0 aliphatic carbocycles. The summed E-state index contributed by atoms with van der Waals surface area (Å²) in [5.74, 6) is -0.442. The molecule has 1 aromatic heterocycles. The van der Waals surface area contributed by atoms with Crippen molar-refractivity contribution in [2.24, 2.45) is 11.7 Å². The number of carbonyl (C=O) groups excluding carboxylic acids is 2. The lowest BCUT2D eigenvalue weighted by Crippen LogP contribution is -2.46. The number of para-hydroxylation sites is 1. The number of H-pyrrole nitrogens is 1. The van der Waals surface area contributed by atoms with Gasteiger partial charge in [-0.25, -0.2) is 0 Å². The molecule has 1 heterocycles. The van der Waals surface area contributed by atoms with Crippen LogP contribution in [0.5, 0.6) is 0 Å². The van der Waals surface area contributed by atoms with Gasteiger partial charge >= 0.3 is 11.9 Å². The number of nitrogens with one attached hydrogen (secondary N) is 2. The Morgan fingerprint density at radius 1 is 1.06 bits per heavy atom. The van der Waals surface area contributed by atoms with E-state index in [1.54, 1.807) is 0 Å². The molecule has 34 heavy (non-hydrogen) atoms. The second-order valence-electron chi connectivity index (χ2n) is 9.21. The molecule has 0 saturated heterocycles. The highest BCUT2D eigenvalue weighted by molar-refractivity contribution is 5.84. The minimum atomic E-state index is -1.02. The molecule has 2 rings (SSSR count). The van der Waals surface area contributed by atoms with Crippen LogP contribution in [0.25, 0.3) is 10.9 Å². The summed E-state index contributed by atoms with van der Waals surface area (Å²) in [5.41, 5.74) is 7.87. The fourth-order valence-electron chi connectivity index (χ4n) is 3.63. The van der Waals surface area contributed by atoms with Crippen molar-refractivity contribution in [3.8, 4) is 0 Å². The SMILES string of the molecule is CCCCCOC(=O)C(Cc1c[nH]c2ccccc12)NC(O)CCC(N)C(=O)OCCC(C)C. The first-order valence-corrected chi connectivity index (χ1v) is 12.4. The Kier molecular flexibility index (Phi) is 12.1. The van der Waals surface area contributed by atoms with E-state index in [9.17, 15) is 14.7 Å². The van der Waals surface area contributed by atoms with Gasteiger partial charge in [0.05, 0.1) is 13.2 Å². The smallest absolute Gasteiger partial charge is 0.323 e. The molecule has 1 aromatic carbocycles. The monoisotopic (exact) mass is 475 g/mol. The van der Waals surface area contributed by atoms with E-state index in [1.807, 2.05) is 30.5 Å². The van der Waals surface area contributed by atoms with Crippen LogP contribution in [-0.2, 0) is 25.5 Å². The van der Waals surface area contributed by atoms with E-state index >= 15 is 0 Å². The molecule has 190 valence electrons. The van der Waals surface area contributed by atoms with Crippen LogP contribution < -0.4 is 11.1 Å². The number of fused-ring (bicyclic) bond motifs is 1. The Bertz CT molecular complexity index is 882. The minimum absolute atomic E-state index is 0.202. The quantitative estimate of drug-likeness (QED) is 0.166. The van der Waals surface area contributed by atoms with Crippen molar-refractivity contribution >= 4 is 22.8 Å². The predicted molar refractivity (Wildman–Crippen MR) is 133 cm³/mol. The Balaban J connectivity index is 1.94. The molecular weight excluding hydrogens is 434 g/mol. The number of ether oxygens (including phenoxy) is 2.